The number of nitrogens with one attached hydrogen (secondary N) is 3. The Morgan fingerprint density at radius 1 is 0.843 bits per heavy atom. The summed E-state index contributed by atoms with van der Waals surface area (Å²) in [6.45, 7) is 4.01. The molecule has 1 aliphatic heterocycles. The largest absolute Gasteiger partial charge is 0.390 e. The summed E-state index contributed by atoms with van der Waals surface area (Å²) in [6.07, 6.45) is 5.31. The van der Waals surface area contributed by atoms with Crippen molar-refractivity contribution in [3.05, 3.63) is 108 Å². The van der Waals surface area contributed by atoms with E-state index in [0.717, 1.165) is 43.1 Å². The molecule has 0 unspecified atom stereocenters. The molecule has 4 N–H and O–H groups in total. The average Bonchev–Trinajstić information content (AvgIpc) is 3.12. The first-order valence-corrected chi connectivity index (χ1v) is 19.9. The topological polar surface area (TPSA) is 145 Å². The van der Waals surface area contributed by atoms with Gasteiger partial charge < -0.3 is 21.1 Å². The van der Waals surface area contributed by atoms with Gasteiger partial charge in [0.15, 0.2) is 9.84 Å². The minimum Gasteiger partial charge on any atom is -0.390 e. The third kappa shape index (κ3) is 9.84. The van der Waals surface area contributed by atoms with Crippen molar-refractivity contribution in [3.63, 3.8) is 0 Å². The second-order valence-corrected chi connectivity index (χ2v) is 17.3. The van der Waals surface area contributed by atoms with E-state index in [9.17, 15) is 27.9 Å². The minimum absolute atomic E-state index is 0.0858. The molecule has 5 rings (SSSR count). The second kappa shape index (κ2) is 17.0. The SMILES string of the molecule is CC(C)([C@H](NC(=O)c1ccccc1)C(=O)N[C@@H](Cc1ccccc1)[C@H](O)CN1C[C@H]2CCCC[C@H]2C[C@H]1C(=O)NCc1ccccc1)S(C)(=O)=O. The van der Waals surface area contributed by atoms with Crippen LogP contribution in [0.2, 0.25) is 0 Å². The van der Waals surface area contributed by atoms with Crippen molar-refractivity contribution in [1.82, 2.24) is 20.9 Å². The number of carbonyl (C=O) groups excluding carboxylic acids is 3. The number of hydrogen-bond acceptors (Lipinski definition) is 7. The summed E-state index contributed by atoms with van der Waals surface area (Å²) >= 11 is 0. The van der Waals surface area contributed by atoms with Crippen LogP contribution < -0.4 is 16.0 Å². The van der Waals surface area contributed by atoms with Crippen molar-refractivity contribution in [3.8, 4) is 0 Å². The fourth-order valence-electron chi connectivity index (χ4n) is 7.43. The molecule has 6 atom stereocenters. The quantitative estimate of drug-likeness (QED) is 0.198. The third-order valence-electron chi connectivity index (χ3n) is 10.9. The lowest BCUT2D eigenvalue weighted by atomic mass is 9.72. The predicted molar refractivity (Wildman–Crippen MR) is 198 cm³/mol. The number of sulfone groups is 1. The van der Waals surface area contributed by atoms with Gasteiger partial charge in [0, 0.05) is 31.5 Å². The fraction of sp³-hybridized carbons (Fsp3) is 0.475. The van der Waals surface area contributed by atoms with E-state index >= 15 is 0 Å². The molecule has 11 heteroatoms. The lowest BCUT2D eigenvalue weighted by molar-refractivity contribution is -0.132. The molecule has 1 saturated heterocycles. The van der Waals surface area contributed by atoms with Gasteiger partial charge in [0.25, 0.3) is 5.91 Å². The molecule has 0 aromatic heterocycles. The second-order valence-electron chi connectivity index (χ2n) is 14.7. The summed E-state index contributed by atoms with van der Waals surface area (Å²) in [5.74, 6) is -0.548. The van der Waals surface area contributed by atoms with Gasteiger partial charge in [0.1, 0.15) is 6.04 Å². The Hall–Kier alpha value is -4.06. The highest BCUT2D eigenvalue weighted by Gasteiger charge is 2.46. The highest BCUT2D eigenvalue weighted by Crippen LogP contribution is 2.39. The number of amides is 3. The molecular weight excluding hydrogens is 665 g/mol. The molecule has 51 heavy (non-hydrogen) atoms. The zero-order valence-electron chi connectivity index (χ0n) is 29.8. The molecule has 1 aliphatic carbocycles. The first-order valence-electron chi connectivity index (χ1n) is 18.0. The van der Waals surface area contributed by atoms with Gasteiger partial charge in [-0.05, 0) is 68.2 Å². The molecule has 3 aromatic carbocycles. The van der Waals surface area contributed by atoms with Crippen molar-refractivity contribution in [2.75, 3.05) is 19.3 Å². The molecule has 0 spiro atoms. The van der Waals surface area contributed by atoms with E-state index < -0.39 is 50.6 Å². The van der Waals surface area contributed by atoms with Gasteiger partial charge in [0.05, 0.1) is 22.9 Å². The standard InChI is InChI=1S/C40H52N4O6S/c1-40(2,51(3,49)50)36(43-37(46)30-19-11-6-12-20-30)39(48)42-33(23-28-15-7-4-8-16-28)35(45)27-44-26-32-22-14-13-21-31(32)24-34(44)38(47)41-25-29-17-9-5-10-18-29/h4-12,15-20,31-36,45H,13-14,21-27H2,1-3H3,(H,41,47)(H,42,48)(H,43,46)/t31-,32+,33-,34-,35+,36+/m0/s1. The minimum atomic E-state index is -3.86. The Morgan fingerprint density at radius 3 is 2.02 bits per heavy atom. The lowest BCUT2D eigenvalue weighted by Crippen LogP contribution is -2.64. The maximum atomic E-state index is 14.2. The van der Waals surface area contributed by atoms with Crippen LogP contribution in [0.25, 0.3) is 0 Å². The molecule has 2 fully saturated rings. The number of aliphatic hydroxyl groups is 1. The van der Waals surface area contributed by atoms with Gasteiger partial charge in [0.2, 0.25) is 11.8 Å². The van der Waals surface area contributed by atoms with Crippen LogP contribution in [0.4, 0.5) is 0 Å². The Bertz CT molecular complexity index is 1720. The van der Waals surface area contributed by atoms with Gasteiger partial charge >= 0.3 is 0 Å². The molecule has 0 bridgehead atoms. The summed E-state index contributed by atoms with van der Waals surface area (Å²) in [7, 11) is -3.86. The van der Waals surface area contributed by atoms with Gasteiger partial charge in [-0.2, -0.15) is 0 Å². The molecular formula is C40H52N4O6S. The van der Waals surface area contributed by atoms with Crippen LogP contribution in [-0.2, 0) is 32.4 Å². The first-order chi connectivity index (χ1) is 24.3. The summed E-state index contributed by atoms with van der Waals surface area (Å²) in [6, 6.07) is 24.7. The monoisotopic (exact) mass is 716 g/mol. The lowest BCUT2D eigenvalue weighted by Gasteiger charge is -2.46. The Balaban J connectivity index is 1.39. The van der Waals surface area contributed by atoms with Crippen LogP contribution >= 0.6 is 0 Å². The Kier molecular flexibility index (Phi) is 12.7. The summed E-state index contributed by atoms with van der Waals surface area (Å²) < 4.78 is 24.4. The van der Waals surface area contributed by atoms with E-state index in [1.54, 1.807) is 30.3 Å². The Morgan fingerprint density at radius 2 is 1.41 bits per heavy atom. The zero-order valence-corrected chi connectivity index (χ0v) is 30.6. The fourth-order valence-corrected chi connectivity index (χ4v) is 8.03. The first kappa shape index (κ1) is 38.2. The number of likely N-dealkylation sites (tertiary alicyclic amines) is 1. The number of β-amino-alcohol motifs (C(OH)–C–C–N with tert-alkyl or cyclic N) is 1. The highest BCUT2D eigenvalue weighted by molar-refractivity contribution is 7.92. The average molecular weight is 717 g/mol. The number of piperidine rings is 1. The maximum absolute atomic E-state index is 14.2. The molecule has 1 heterocycles. The Labute approximate surface area is 302 Å². The van der Waals surface area contributed by atoms with Crippen molar-refractivity contribution < 1.29 is 27.9 Å². The highest BCUT2D eigenvalue weighted by atomic mass is 32.2. The molecule has 3 amide bonds. The van der Waals surface area contributed by atoms with Gasteiger partial charge in [-0.3, -0.25) is 19.3 Å². The van der Waals surface area contributed by atoms with E-state index in [1.807, 2.05) is 60.7 Å². The van der Waals surface area contributed by atoms with Crippen LogP contribution in [0.3, 0.4) is 0 Å². The summed E-state index contributed by atoms with van der Waals surface area (Å²) in [5.41, 5.74) is 2.14. The molecule has 2 aliphatic rings. The normalized spacial score (nSPS) is 21.4. The zero-order chi connectivity index (χ0) is 36.6. The molecule has 3 aromatic rings. The third-order valence-corrected chi connectivity index (χ3v) is 13.0. The summed E-state index contributed by atoms with van der Waals surface area (Å²) in [5, 5.41) is 20.7. The van der Waals surface area contributed by atoms with E-state index in [4.69, 9.17) is 0 Å². The van der Waals surface area contributed by atoms with Crippen molar-refractivity contribution in [2.24, 2.45) is 11.8 Å². The van der Waals surface area contributed by atoms with Gasteiger partial charge in [-0.1, -0.05) is 98.1 Å². The van der Waals surface area contributed by atoms with E-state index in [2.05, 4.69) is 20.9 Å². The summed E-state index contributed by atoms with van der Waals surface area (Å²) in [4.78, 5) is 43.3. The number of carbonyl (C=O) groups is 3. The molecule has 274 valence electrons. The molecule has 0 radical (unpaired) electrons. The van der Waals surface area contributed by atoms with E-state index in [1.165, 1.54) is 13.8 Å². The maximum Gasteiger partial charge on any atom is 0.251 e. The smallest absolute Gasteiger partial charge is 0.251 e. The molecule has 10 nitrogen and oxygen atoms in total. The number of aliphatic hydroxyl groups excluding tert-OH is 1. The van der Waals surface area contributed by atoms with Crippen LogP contribution in [0, 0.1) is 11.8 Å². The number of hydrogen-bond donors (Lipinski definition) is 4. The number of benzene rings is 3. The van der Waals surface area contributed by atoms with Crippen LogP contribution in [-0.4, -0.2) is 84.5 Å². The predicted octanol–water partition coefficient (Wildman–Crippen LogP) is 3.89. The van der Waals surface area contributed by atoms with E-state index in [0.29, 0.717) is 31.3 Å². The number of nitrogens with zero attached hydrogens (tertiary/aromatic N) is 1. The van der Waals surface area contributed by atoms with E-state index in [-0.39, 0.29) is 24.4 Å². The number of rotatable bonds is 14. The van der Waals surface area contributed by atoms with Crippen LogP contribution in [0.5, 0.6) is 0 Å². The molecule has 1 saturated carbocycles. The number of fused-ring (bicyclic) bond motifs is 1. The van der Waals surface area contributed by atoms with Gasteiger partial charge in [-0.25, -0.2) is 8.42 Å². The van der Waals surface area contributed by atoms with Crippen molar-refractivity contribution in [2.45, 2.75) is 87.9 Å². The van der Waals surface area contributed by atoms with Crippen molar-refractivity contribution >= 4 is 27.6 Å². The van der Waals surface area contributed by atoms with Crippen LogP contribution in [0.1, 0.15) is 67.4 Å². The van der Waals surface area contributed by atoms with Gasteiger partial charge in [-0.15, -0.1) is 0 Å². The van der Waals surface area contributed by atoms with Crippen LogP contribution in [0.15, 0.2) is 91.0 Å². The van der Waals surface area contributed by atoms with Crippen molar-refractivity contribution in [1.29, 1.82) is 0 Å².